The molecule has 0 aliphatic heterocycles. The summed E-state index contributed by atoms with van der Waals surface area (Å²) < 4.78 is 12.1. The lowest BCUT2D eigenvalue weighted by molar-refractivity contribution is 0.391. The second-order valence-electron chi connectivity index (χ2n) is 6.25. The summed E-state index contributed by atoms with van der Waals surface area (Å²) in [5.41, 5.74) is 1.82. The maximum Gasteiger partial charge on any atom is 0.262 e. The van der Waals surface area contributed by atoms with Crippen molar-refractivity contribution in [1.82, 2.24) is 19.7 Å². The first kappa shape index (κ1) is 18.7. The van der Waals surface area contributed by atoms with Gasteiger partial charge in [0.05, 0.1) is 18.2 Å². The van der Waals surface area contributed by atoms with E-state index in [1.54, 1.807) is 30.1 Å². The van der Waals surface area contributed by atoms with Gasteiger partial charge in [0.2, 0.25) is 11.7 Å². The van der Waals surface area contributed by atoms with Crippen LogP contribution in [0.3, 0.4) is 0 Å². The smallest absolute Gasteiger partial charge is 0.262 e. The molecule has 0 N–H and O–H groups in total. The van der Waals surface area contributed by atoms with E-state index >= 15 is 0 Å². The Morgan fingerprint density at radius 1 is 1.21 bits per heavy atom. The van der Waals surface area contributed by atoms with Crippen LogP contribution in [-0.2, 0) is 12.8 Å². The second kappa shape index (κ2) is 7.40. The first-order valence-corrected chi connectivity index (χ1v) is 10.3. The molecule has 0 atom stereocenters. The van der Waals surface area contributed by atoms with Gasteiger partial charge in [-0.05, 0) is 43.7 Å². The van der Waals surface area contributed by atoms with Crippen molar-refractivity contribution in [1.29, 1.82) is 0 Å². The third kappa shape index (κ3) is 3.31. The Morgan fingerprint density at radius 2 is 1.96 bits per heavy atom. The lowest BCUT2D eigenvalue weighted by Crippen LogP contribution is -2.19. The van der Waals surface area contributed by atoms with E-state index in [4.69, 9.17) is 9.26 Å². The van der Waals surface area contributed by atoms with Crippen molar-refractivity contribution >= 4 is 33.3 Å². The fourth-order valence-electron chi connectivity index (χ4n) is 2.78. The summed E-state index contributed by atoms with van der Waals surface area (Å²) >= 11 is 2.94. The minimum absolute atomic E-state index is 0.0289. The average Bonchev–Trinajstić information content (AvgIpc) is 3.28. The Hall–Kier alpha value is -2.65. The second-order valence-corrected chi connectivity index (χ2v) is 8.40. The topological polar surface area (TPSA) is 83.0 Å². The summed E-state index contributed by atoms with van der Waals surface area (Å²) in [6, 6.07) is 7.45. The summed E-state index contributed by atoms with van der Waals surface area (Å²) in [4.78, 5) is 23.7. The molecule has 0 spiro atoms. The normalized spacial score (nSPS) is 11.3. The molecule has 3 aromatic heterocycles. The van der Waals surface area contributed by atoms with Crippen molar-refractivity contribution in [2.24, 2.45) is 7.05 Å². The predicted molar refractivity (Wildman–Crippen MR) is 110 cm³/mol. The third-order valence-electron chi connectivity index (χ3n) is 4.51. The van der Waals surface area contributed by atoms with Crippen molar-refractivity contribution in [3.63, 3.8) is 0 Å². The van der Waals surface area contributed by atoms with Gasteiger partial charge in [0.15, 0.2) is 5.16 Å². The summed E-state index contributed by atoms with van der Waals surface area (Å²) in [5.74, 6) is 2.19. The Balaban J connectivity index is 1.56. The number of hydrogen-bond acceptors (Lipinski definition) is 8. The summed E-state index contributed by atoms with van der Waals surface area (Å²) in [6.45, 7) is 3.97. The number of aryl methyl sites for hydroxylation is 2. The Bertz CT molecular complexity index is 1210. The monoisotopic (exact) mass is 414 g/mol. The van der Waals surface area contributed by atoms with E-state index in [2.05, 4.69) is 15.1 Å². The molecule has 0 amide bonds. The maximum atomic E-state index is 12.7. The molecule has 144 valence electrons. The first-order valence-electron chi connectivity index (χ1n) is 8.54. The summed E-state index contributed by atoms with van der Waals surface area (Å²) in [6.07, 6.45) is 0. The Morgan fingerprint density at radius 3 is 2.68 bits per heavy atom. The Labute approximate surface area is 169 Å². The molecule has 0 saturated carbocycles. The number of ether oxygens (including phenoxy) is 1. The van der Waals surface area contributed by atoms with Gasteiger partial charge in [-0.1, -0.05) is 16.9 Å². The molecule has 0 fully saturated rings. The number of methoxy groups -OCH3 is 1. The standard InChI is InChI=1S/C19H18N4O3S2/c1-10-11(2)28-17-15(10)18(24)23(3)19(21-17)27-9-14-20-16(22-26-14)12-5-7-13(25-4)8-6-12/h5-8H,9H2,1-4H3. The zero-order valence-electron chi connectivity index (χ0n) is 15.8. The van der Waals surface area contributed by atoms with Crippen LogP contribution in [0.1, 0.15) is 16.3 Å². The molecule has 0 aliphatic rings. The van der Waals surface area contributed by atoms with Crippen LogP contribution in [0.4, 0.5) is 0 Å². The average molecular weight is 415 g/mol. The molecule has 0 bridgehead atoms. The molecule has 28 heavy (non-hydrogen) atoms. The number of thioether (sulfide) groups is 1. The van der Waals surface area contributed by atoms with E-state index in [1.165, 1.54) is 11.8 Å². The van der Waals surface area contributed by atoms with Crippen LogP contribution in [0.5, 0.6) is 5.75 Å². The lowest BCUT2D eigenvalue weighted by Gasteiger charge is -2.05. The van der Waals surface area contributed by atoms with Crippen LogP contribution < -0.4 is 10.3 Å². The molecule has 7 nitrogen and oxygen atoms in total. The van der Waals surface area contributed by atoms with Crippen LogP contribution in [0, 0.1) is 13.8 Å². The van der Waals surface area contributed by atoms with Crippen LogP contribution >= 0.6 is 23.1 Å². The van der Waals surface area contributed by atoms with Gasteiger partial charge in [0, 0.05) is 17.5 Å². The lowest BCUT2D eigenvalue weighted by atomic mass is 10.2. The van der Waals surface area contributed by atoms with Crippen molar-refractivity contribution in [2.75, 3.05) is 7.11 Å². The quantitative estimate of drug-likeness (QED) is 0.361. The minimum Gasteiger partial charge on any atom is -0.497 e. The van der Waals surface area contributed by atoms with Crippen molar-refractivity contribution in [3.8, 4) is 17.1 Å². The van der Waals surface area contributed by atoms with E-state index in [-0.39, 0.29) is 5.56 Å². The fourth-order valence-corrected chi connectivity index (χ4v) is 4.66. The fraction of sp³-hybridized carbons (Fsp3) is 0.263. The van der Waals surface area contributed by atoms with E-state index < -0.39 is 0 Å². The van der Waals surface area contributed by atoms with Gasteiger partial charge in [-0.25, -0.2) is 4.98 Å². The van der Waals surface area contributed by atoms with E-state index in [9.17, 15) is 4.79 Å². The summed E-state index contributed by atoms with van der Waals surface area (Å²) in [7, 11) is 3.36. The molecule has 4 rings (SSSR count). The van der Waals surface area contributed by atoms with Gasteiger partial charge in [0.1, 0.15) is 10.6 Å². The molecular weight excluding hydrogens is 396 g/mol. The van der Waals surface area contributed by atoms with Crippen molar-refractivity contribution in [3.05, 3.63) is 51.0 Å². The number of hydrogen-bond donors (Lipinski definition) is 0. The van der Waals surface area contributed by atoms with Crippen LogP contribution in [0.25, 0.3) is 21.6 Å². The molecule has 3 heterocycles. The van der Waals surface area contributed by atoms with Crippen LogP contribution in [0.15, 0.2) is 38.7 Å². The van der Waals surface area contributed by atoms with Gasteiger partial charge in [-0.15, -0.1) is 11.3 Å². The SMILES string of the molecule is COc1ccc(-c2noc(CSc3nc4sc(C)c(C)c4c(=O)n3C)n2)cc1. The highest BCUT2D eigenvalue weighted by molar-refractivity contribution is 7.98. The zero-order valence-corrected chi connectivity index (χ0v) is 17.5. The van der Waals surface area contributed by atoms with E-state index in [0.29, 0.717) is 28.0 Å². The minimum atomic E-state index is -0.0289. The van der Waals surface area contributed by atoms with Gasteiger partial charge in [0.25, 0.3) is 5.56 Å². The molecule has 0 unspecified atom stereocenters. The maximum absolute atomic E-state index is 12.7. The first-order chi connectivity index (χ1) is 13.5. The number of fused-ring (bicyclic) bond motifs is 1. The largest absolute Gasteiger partial charge is 0.497 e. The summed E-state index contributed by atoms with van der Waals surface area (Å²) in [5, 5.41) is 5.36. The predicted octanol–water partition coefficient (Wildman–Crippen LogP) is 3.96. The highest BCUT2D eigenvalue weighted by Gasteiger charge is 2.16. The molecule has 9 heteroatoms. The van der Waals surface area contributed by atoms with Gasteiger partial charge in [-0.2, -0.15) is 4.98 Å². The molecule has 1 aromatic carbocycles. The highest BCUT2D eigenvalue weighted by atomic mass is 32.2. The van der Waals surface area contributed by atoms with Crippen LogP contribution in [0.2, 0.25) is 0 Å². The molecular formula is C19H18N4O3S2. The highest BCUT2D eigenvalue weighted by Crippen LogP contribution is 2.29. The van der Waals surface area contributed by atoms with Crippen molar-refractivity contribution < 1.29 is 9.26 Å². The third-order valence-corrected chi connectivity index (χ3v) is 6.63. The van der Waals surface area contributed by atoms with Gasteiger partial charge < -0.3 is 9.26 Å². The van der Waals surface area contributed by atoms with E-state index in [0.717, 1.165) is 26.6 Å². The number of benzene rings is 1. The zero-order chi connectivity index (χ0) is 19.8. The number of thiophene rings is 1. The number of nitrogens with zero attached hydrogens (tertiary/aromatic N) is 4. The van der Waals surface area contributed by atoms with Gasteiger partial charge in [-0.3, -0.25) is 9.36 Å². The van der Waals surface area contributed by atoms with Crippen molar-refractivity contribution in [2.45, 2.75) is 24.8 Å². The van der Waals surface area contributed by atoms with Crippen LogP contribution in [-0.4, -0.2) is 26.8 Å². The van der Waals surface area contributed by atoms with E-state index in [1.807, 2.05) is 38.1 Å². The Kier molecular flexibility index (Phi) is 4.94. The number of rotatable bonds is 5. The molecule has 0 radical (unpaired) electrons. The molecule has 0 saturated heterocycles. The van der Waals surface area contributed by atoms with Gasteiger partial charge >= 0.3 is 0 Å². The molecule has 4 aromatic rings. The molecule has 0 aliphatic carbocycles. The number of aromatic nitrogens is 4.